The van der Waals surface area contributed by atoms with Crippen LogP contribution < -0.4 is 10.6 Å². The van der Waals surface area contributed by atoms with Gasteiger partial charge >= 0.3 is 5.97 Å². The maximum Gasteiger partial charge on any atom is 0.330 e. The number of non-ortho nitro benzene ring substituents is 1. The van der Waals surface area contributed by atoms with Gasteiger partial charge in [0.05, 0.1) is 10.7 Å². The Morgan fingerprint density at radius 2 is 2.03 bits per heavy atom. The molecule has 0 spiro atoms. The topological polar surface area (TPSA) is 148 Å². The smallest absolute Gasteiger partial charge is 0.330 e. The first-order valence-corrected chi connectivity index (χ1v) is 11.6. The summed E-state index contributed by atoms with van der Waals surface area (Å²) in [5.41, 5.74) is 0.381. The van der Waals surface area contributed by atoms with Crippen molar-refractivity contribution in [2.45, 2.75) is 24.3 Å². The van der Waals surface area contributed by atoms with Crippen molar-refractivity contribution in [1.82, 2.24) is 14.9 Å². The van der Waals surface area contributed by atoms with E-state index in [1.807, 2.05) is 0 Å². The Morgan fingerprint density at radius 3 is 2.57 bits per heavy atom. The predicted octanol–water partition coefficient (Wildman–Crippen LogP) is 0.703. The fourth-order valence-corrected chi connectivity index (χ4v) is 4.44. The number of hydrogen-bond acceptors (Lipinski definition) is 9. The number of esters is 1. The average Bonchev–Trinajstić information content (AvgIpc) is 3.18. The Hall–Kier alpha value is -2.22. The number of rotatable bonds is 9. The molecule has 1 saturated heterocycles. The molecule has 1 aromatic rings. The van der Waals surface area contributed by atoms with Gasteiger partial charge in [-0.05, 0) is 30.7 Å². The average molecular weight is 461 g/mol. The van der Waals surface area contributed by atoms with Crippen molar-refractivity contribution < 1.29 is 27.7 Å². The number of benzene rings is 1. The van der Waals surface area contributed by atoms with Gasteiger partial charge in [0.25, 0.3) is 10.9 Å². The van der Waals surface area contributed by atoms with Gasteiger partial charge < -0.3 is 15.4 Å². The van der Waals surface area contributed by atoms with Crippen LogP contribution in [0.2, 0.25) is 0 Å². The third-order valence-electron chi connectivity index (χ3n) is 4.33. The standard InChI is InChI=1S/C17H24N4O7S2/c1-20(2)30(26,27)11-15(19-17(23)29-14-7-8-18-9-14)16(22)28-10-12-3-5-13(6-4-12)21(24)25/h3-6,14-15,18H,7-11H2,1-2H3,(H,19,23)/t14-,15+/m0/s1. The minimum absolute atomic E-state index is 0.0484. The van der Waals surface area contributed by atoms with Crippen LogP contribution in [0.1, 0.15) is 12.0 Å². The highest BCUT2D eigenvalue weighted by Gasteiger charge is 2.31. The summed E-state index contributed by atoms with van der Waals surface area (Å²) in [6.07, 6.45) is 0.795. The van der Waals surface area contributed by atoms with E-state index in [9.17, 15) is 28.1 Å². The molecule has 2 atom stereocenters. The second-order valence-corrected chi connectivity index (χ2v) is 10.3. The summed E-state index contributed by atoms with van der Waals surface area (Å²) in [5, 5.41) is 15.8. The SMILES string of the molecule is CN(C)S(=O)(=O)C[C@@H](NC(=O)S[C@H]1CCNC1)C(=O)OCc1ccc([N+](=O)[O-])cc1. The van der Waals surface area contributed by atoms with Crippen LogP contribution in [0.3, 0.4) is 0 Å². The lowest BCUT2D eigenvalue weighted by molar-refractivity contribution is -0.384. The summed E-state index contributed by atoms with van der Waals surface area (Å²) in [6.45, 7) is 1.23. The third-order valence-corrected chi connectivity index (χ3v) is 7.26. The Labute approximate surface area is 178 Å². The van der Waals surface area contributed by atoms with Crippen LogP contribution in [0, 0.1) is 10.1 Å². The molecule has 0 bridgehead atoms. The molecule has 2 N–H and O–H groups in total. The molecule has 166 valence electrons. The molecule has 0 radical (unpaired) electrons. The zero-order chi connectivity index (χ0) is 22.3. The second kappa shape index (κ2) is 10.7. The summed E-state index contributed by atoms with van der Waals surface area (Å²) in [4.78, 5) is 34.9. The molecule has 0 aromatic heterocycles. The highest BCUT2D eigenvalue weighted by atomic mass is 32.2. The number of carbonyl (C=O) groups excluding carboxylic acids is 2. The number of amides is 1. The number of ether oxygens (including phenoxy) is 1. The molecule has 0 unspecified atom stereocenters. The van der Waals surface area contributed by atoms with Gasteiger partial charge in [-0.2, -0.15) is 0 Å². The molecule has 1 fully saturated rings. The van der Waals surface area contributed by atoms with Crippen LogP contribution in [0.15, 0.2) is 24.3 Å². The number of nitrogens with zero attached hydrogens (tertiary/aromatic N) is 2. The summed E-state index contributed by atoms with van der Waals surface area (Å²) >= 11 is 1.01. The van der Waals surface area contributed by atoms with Crippen LogP contribution in [-0.2, 0) is 26.2 Å². The van der Waals surface area contributed by atoms with E-state index in [0.717, 1.165) is 29.0 Å². The highest BCUT2D eigenvalue weighted by Crippen LogP contribution is 2.19. The van der Waals surface area contributed by atoms with Gasteiger partial charge in [-0.25, -0.2) is 17.5 Å². The third kappa shape index (κ3) is 7.23. The van der Waals surface area contributed by atoms with E-state index in [0.29, 0.717) is 12.1 Å². The van der Waals surface area contributed by atoms with E-state index < -0.39 is 37.9 Å². The zero-order valence-corrected chi connectivity index (χ0v) is 18.2. The van der Waals surface area contributed by atoms with Gasteiger partial charge in [-0.3, -0.25) is 14.9 Å². The van der Waals surface area contributed by atoms with Crippen molar-refractivity contribution in [3.8, 4) is 0 Å². The number of hydrogen-bond donors (Lipinski definition) is 2. The summed E-state index contributed by atoms with van der Waals surface area (Å²) in [6, 6.07) is 4.01. The van der Waals surface area contributed by atoms with Gasteiger partial charge in [0, 0.05) is 38.0 Å². The predicted molar refractivity (Wildman–Crippen MR) is 112 cm³/mol. The summed E-state index contributed by atoms with van der Waals surface area (Å²) in [7, 11) is -1.13. The number of nitrogens with one attached hydrogen (secondary N) is 2. The summed E-state index contributed by atoms with van der Waals surface area (Å²) < 4.78 is 30.6. The number of nitro groups is 1. The lowest BCUT2D eigenvalue weighted by atomic mass is 10.2. The van der Waals surface area contributed by atoms with Crippen molar-refractivity contribution in [1.29, 1.82) is 0 Å². The molecule has 0 saturated carbocycles. The van der Waals surface area contributed by atoms with E-state index in [1.165, 1.54) is 38.4 Å². The Kier molecular flexibility index (Phi) is 8.58. The minimum Gasteiger partial charge on any atom is -0.459 e. The number of sulfonamides is 1. The van der Waals surface area contributed by atoms with Crippen LogP contribution >= 0.6 is 11.8 Å². The van der Waals surface area contributed by atoms with Crippen molar-refractivity contribution >= 4 is 38.7 Å². The lowest BCUT2D eigenvalue weighted by Crippen LogP contribution is -2.47. The number of carbonyl (C=O) groups is 2. The zero-order valence-electron chi connectivity index (χ0n) is 16.6. The molecule has 1 heterocycles. The van der Waals surface area contributed by atoms with E-state index in [-0.39, 0.29) is 17.5 Å². The molecule has 1 aromatic carbocycles. The van der Waals surface area contributed by atoms with Crippen LogP contribution in [0.25, 0.3) is 0 Å². The molecule has 0 aliphatic carbocycles. The maximum atomic E-state index is 12.5. The van der Waals surface area contributed by atoms with Gasteiger partial charge in [0.15, 0.2) is 0 Å². The highest BCUT2D eigenvalue weighted by molar-refractivity contribution is 8.14. The molecular weight excluding hydrogens is 436 g/mol. The molecule has 1 aliphatic rings. The van der Waals surface area contributed by atoms with E-state index >= 15 is 0 Å². The fraction of sp³-hybridized carbons (Fsp3) is 0.529. The van der Waals surface area contributed by atoms with Crippen LogP contribution in [-0.4, -0.2) is 73.1 Å². The van der Waals surface area contributed by atoms with Gasteiger partial charge in [-0.15, -0.1) is 0 Å². The largest absolute Gasteiger partial charge is 0.459 e. The quantitative estimate of drug-likeness (QED) is 0.309. The van der Waals surface area contributed by atoms with Crippen molar-refractivity contribution in [3.63, 3.8) is 0 Å². The van der Waals surface area contributed by atoms with Crippen molar-refractivity contribution in [2.75, 3.05) is 32.9 Å². The monoisotopic (exact) mass is 460 g/mol. The van der Waals surface area contributed by atoms with E-state index in [2.05, 4.69) is 10.6 Å². The second-order valence-electron chi connectivity index (χ2n) is 6.81. The van der Waals surface area contributed by atoms with Gasteiger partial charge in [0.1, 0.15) is 12.6 Å². The molecule has 30 heavy (non-hydrogen) atoms. The first-order valence-electron chi connectivity index (χ1n) is 9.06. The molecule has 1 amide bonds. The number of thioether (sulfide) groups is 1. The van der Waals surface area contributed by atoms with Crippen molar-refractivity contribution in [2.24, 2.45) is 0 Å². The van der Waals surface area contributed by atoms with Crippen LogP contribution in [0.5, 0.6) is 0 Å². The van der Waals surface area contributed by atoms with Gasteiger partial charge in [-0.1, -0.05) is 11.8 Å². The van der Waals surface area contributed by atoms with Crippen molar-refractivity contribution in [3.05, 3.63) is 39.9 Å². The molecule has 2 rings (SSSR count). The lowest BCUT2D eigenvalue weighted by Gasteiger charge is -2.20. The Balaban J connectivity index is 2.02. The normalized spacial score (nSPS) is 17.5. The molecular formula is C17H24N4O7S2. The number of nitro benzene ring substituents is 1. The minimum atomic E-state index is -3.79. The van der Waals surface area contributed by atoms with E-state index in [4.69, 9.17) is 4.74 Å². The molecule has 11 nitrogen and oxygen atoms in total. The summed E-state index contributed by atoms with van der Waals surface area (Å²) in [5.74, 6) is -1.55. The Morgan fingerprint density at radius 1 is 1.37 bits per heavy atom. The van der Waals surface area contributed by atoms with E-state index in [1.54, 1.807) is 0 Å². The first kappa shape index (κ1) is 24.1. The molecule has 1 aliphatic heterocycles. The Bertz CT molecular complexity index is 869. The van der Waals surface area contributed by atoms with Gasteiger partial charge in [0.2, 0.25) is 10.0 Å². The first-order chi connectivity index (χ1) is 14.1. The maximum absolute atomic E-state index is 12.5. The molecule has 13 heteroatoms. The van der Waals surface area contributed by atoms with Crippen LogP contribution in [0.4, 0.5) is 10.5 Å². The fourth-order valence-electron chi connectivity index (χ4n) is 2.55.